The summed E-state index contributed by atoms with van der Waals surface area (Å²) in [5.74, 6) is -0.190. The van der Waals surface area contributed by atoms with E-state index >= 15 is 0 Å². The number of carbonyl (C=O) groups excluding carboxylic acids is 1. The minimum atomic E-state index is -1.15. The number of carboxylic acids is 1. The third-order valence-corrected chi connectivity index (χ3v) is 3.33. The number of para-hydroxylation sites is 1. The van der Waals surface area contributed by atoms with Crippen LogP contribution < -0.4 is 10.1 Å². The zero-order valence-corrected chi connectivity index (χ0v) is 13.0. The van der Waals surface area contributed by atoms with Gasteiger partial charge in [0.25, 0.3) is 5.91 Å². The molecule has 0 unspecified atom stereocenters. The van der Waals surface area contributed by atoms with Gasteiger partial charge in [0.2, 0.25) is 0 Å². The summed E-state index contributed by atoms with van der Waals surface area (Å²) in [7, 11) is 0. The highest BCUT2D eigenvalue weighted by molar-refractivity contribution is 6.04. The first-order valence-corrected chi connectivity index (χ1v) is 7.45. The average Bonchev–Trinajstić information content (AvgIpc) is 2.63. The molecule has 1 amide bonds. The van der Waals surface area contributed by atoms with Gasteiger partial charge in [-0.25, -0.2) is 9.78 Å². The SMILES string of the molecule is O=C(Nc1ccnc(C(=O)O)c1)c1ccc(Oc2ccccc2)cc1. The molecule has 0 saturated carbocycles. The Labute approximate surface area is 143 Å². The molecule has 1 heterocycles. The normalized spacial score (nSPS) is 10.1. The van der Waals surface area contributed by atoms with Gasteiger partial charge in [-0.15, -0.1) is 0 Å². The zero-order chi connectivity index (χ0) is 17.6. The molecule has 0 saturated heterocycles. The number of benzene rings is 2. The van der Waals surface area contributed by atoms with Crippen molar-refractivity contribution in [3.05, 3.63) is 84.2 Å². The van der Waals surface area contributed by atoms with Crippen LogP contribution in [0.3, 0.4) is 0 Å². The molecule has 0 radical (unpaired) electrons. The first-order valence-electron chi connectivity index (χ1n) is 7.45. The molecule has 6 nitrogen and oxygen atoms in total. The van der Waals surface area contributed by atoms with Crippen molar-refractivity contribution in [2.45, 2.75) is 0 Å². The van der Waals surface area contributed by atoms with Gasteiger partial charge in [0, 0.05) is 17.4 Å². The fourth-order valence-electron chi connectivity index (χ4n) is 2.13. The topological polar surface area (TPSA) is 88.5 Å². The first-order chi connectivity index (χ1) is 12.1. The Balaban J connectivity index is 1.68. The molecule has 0 aliphatic carbocycles. The van der Waals surface area contributed by atoms with Gasteiger partial charge < -0.3 is 15.2 Å². The zero-order valence-electron chi connectivity index (χ0n) is 13.0. The third kappa shape index (κ3) is 4.20. The maximum Gasteiger partial charge on any atom is 0.354 e. The van der Waals surface area contributed by atoms with E-state index < -0.39 is 5.97 Å². The second-order valence-corrected chi connectivity index (χ2v) is 5.13. The number of carbonyl (C=O) groups is 2. The third-order valence-electron chi connectivity index (χ3n) is 3.33. The molecule has 1 aromatic heterocycles. The molecule has 3 rings (SSSR count). The number of carboxylic acid groups (broad SMARTS) is 1. The van der Waals surface area contributed by atoms with Crippen molar-refractivity contribution < 1.29 is 19.4 Å². The number of hydrogen-bond donors (Lipinski definition) is 2. The van der Waals surface area contributed by atoms with E-state index in [1.807, 2.05) is 30.3 Å². The quantitative estimate of drug-likeness (QED) is 0.740. The minimum absolute atomic E-state index is 0.135. The minimum Gasteiger partial charge on any atom is -0.477 e. The lowest BCUT2D eigenvalue weighted by atomic mass is 10.2. The fourth-order valence-corrected chi connectivity index (χ4v) is 2.13. The molecule has 0 aliphatic heterocycles. The molecule has 124 valence electrons. The van der Waals surface area contributed by atoms with Crippen LogP contribution in [0.2, 0.25) is 0 Å². The smallest absolute Gasteiger partial charge is 0.354 e. The van der Waals surface area contributed by atoms with Gasteiger partial charge in [0.05, 0.1) is 0 Å². The predicted molar refractivity (Wildman–Crippen MR) is 92.1 cm³/mol. The number of aromatic carboxylic acids is 1. The van der Waals surface area contributed by atoms with Crippen molar-refractivity contribution in [2.75, 3.05) is 5.32 Å². The Bertz CT molecular complexity index is 893. The van der Waals surface area contributed by atoms with E-state index in [-0.39, 0.29) is 11.6 Å². The molecule has 0 spiro atoms. The molecule has 3 aromatic rings. The molecule has 0 fully saturated rings. The Morgan fingerprint density at radius 2 is 1.60 bits per heavy atom. The monoisotopic (exact) mass is 334 g/mol. The summed E-state index contributed by atoms with van der Waals surface area (Å²) in [4.78, 5) is 26.9. The molecule has 0 bridgehead atoms. The largest absolute Gasteiger partial charge is 0.477 e. The van der Waals surface area contributed by atoms with E-state index in [0.29, 0.717) is 22.7 Å². The molecular weight excluding hydrogens is 320 g/mol. The number of nitrogens with zero attached hydrogens (tertiary/aromatic N) is 1. The Hall–Kier alpha value is -3.67. The van der Waals surface area contributed by atoms with E-state index in [2.05, 4.69) is 10.3 Å². The first kappa shape index (κ1) is 16.2. The van der Waals surface area contributed by atoms with Crippen LogP contribution in [0.4, 0.5) is 5.69 Å². The van der Waals surface area contributed by atoms with Crippen LogP contribution in [-0.2, 0) is 0 Å². The number of hydrogen-bond acceptors (Lipinski definition) is 4. The van der Waals surface area contributed by atoms with Crippen molar-refractivity contribution in [3.8, 4) is 11.5 Å². The number of nitrogens with one attached hydrogen (secondary N) is 1. The van der Waals surface area contributed by atoms with Gasteiger partial charge in [-0.1, -0.05) is 18.2 Å². The predicted octanol–water partition coefficient (Wildman–Crippen LogP) is 3.82. The number of rotatable bonds is 5. The van der Waals surface area contributed by atoms with E-state index in [4.69, 9.17) is 9.84 Å². The van der Waals surface area contributed by atoms with Crippen LogP contribution in [0.15, 0.2) is 72.9 Å². The van der Waals surface area contributed by atoms with Crippen LogP contribution in [0, 0.1) is 0 Å². The fraction of sp³-hybridized carbons (Fsp3) is 0. The second kappa shape index (κ2) is 7.27. The highest BCUT2D eigenvalue weighted by atomic mass is 16.5. The molecule has 0 aliphatic rings. The Morgan fingerprint density at radius 1 is 0.920 bits per heavy atom. The van der Waals surface area contributed by atoms with Gasteiger partial charge in [0.15, 0.2) is 0 Å². The van der Waals surface area contributed by atoms with Gasteiger partial charge in [0.1, 0.15) is 17.2 Å². The molecule has 25 heavy (non-hydrogen) atoms. The van der Waals surface area contributed by atoms with Crippen LogP contribution >= 0.6 is 0 Å². The van der Waals surface area contributed by atoms with E-state index in [1.165, 1.54) is 18.3 Å². The van der Waals surface area contributed by atoms with Crippen LogP contribution in [0.25, 0.3) is 0 Å². The van der Waals surface area contributed by atoms with Crippen LogP contribution in [-0.4, -0.2) is 22.0 Å². The summed E-state index contributed by atoms with van der Waals surface area (Å²) >= 11 is 0. The van der Waals surface area contributed by atoms with Crippen molar-refractivity contribution >= 4 is 17.6 Å². The number of ether oxygens (including phenoxy) is 1. The molecule has 2 N–H and O–H groups in total. The summed E-state index contributed by atoms with van der Waals surface area (Å²) in [5, 5.41) is 11.6. The highest BCUT2D eigenvalue weighted by Gasteiger charge is 2.09. The number of amides is 1. The standard InChI is InChI=1S/C19H14N2O4/c22-18(21-14-10-11-20-17(12-14)19(23)24)13-6-8-16(9-7-13)25-15-4-2-1-3-5-15/h1-12H,(H,23,24)(H,20,21,22). The molecular formula is C19H14N2O4. The molecule has 6 heteroatoms. The lowest BCUT2D eigenvalue weighted by Crippen LogP contribution is -2.12. The Morgan fingerprint density at radius 3 is 2.28 bits per heavy atom. The van der Waals surface area contributed by atoms with Crippen molar-refractivity contribution in [2.24, 2.45) is 0 Å². The lowest BCUT2D eigenvalue weighted by Gasteiger charge is -2.08. The van der Waals surface area contributed by atoms with E-state index in [9.17, 15) is 9.59 Å². The summed E-state index contributed by atoms with van der Waals surface area (Å²) in [6, 6.07) is 18.8. The summed E-state index contributed by atoms with van der Waals surface area (Å²) in [5.41, 5.74) is 0.653. The van der Waals surface area contributed by atoms with Crippen molar-refractivity contribution in [1.82, 2.24) is 4.98 Å². The summed E-state index contributed by atoms with van der Waals surface area (Å²) in [6.45, 7) is 0. The maximum absolute atomic E-state index is 12.2. The highest BCUT2D eigenvalue weighted by Crippen LogP contribution is 2.21. The van der Waals surface area contributed by atoms with Gasteiger partial charge >= 0.3 is 5.97 Å². The summed E-state index contributed by atoms with van der Waals surface area (Å²) in [6.07, 6.45) is 1.33. The van der Waals surface area contributed by atoms with E-state index in [0.717, 1.165) is 0 Å². The van der Waals surface area contributed by atoms with Crippen molar-refractivity contribution in [1.29, 1.82) is 0 Å². The van der Waals surface area contributed by atoms with Crippen LogP contribution in [0.5, 0.6) is 11.5 Å². The molecule has 0 atom stereocenters. The average molecular weight is 334 g/mol. The number of aromatic nitrogens is 1. The number of pyridine rings is 1. The van der Waals surface area contributed by atoms with Crippen molar-refractivity contribution in [3.63, 3.8) is 0 Å². The lowest BCUT2D eigenvalue weighted by molar-refractivity contribution is 0.0690. The van der Waals surface area contributed by atoms with Gasteiger partial charge in [-0.05, 0) is 48.5 Å². The van der Waals surface area contributed by atoms with Crippen LogP contribution in [0.1, 0.15) is 20.8 Å². The summed E-state index contributed by atoms with van der Waals surface area (Å²) < 4.78 is 5.67. The van der Waals surface area contributed by atoms with E-state index in [1.54, 1.807) is 24.3 Å². The Kier molecular flexibility index (Phi) is 4.71. The number of anilines is 1. The second-order valence-electron chi connectivity index (χ2n) is 5.13. The van der Waals surface area contributed by atoms with Gasteiger partial charge in [-0.3, -0.25) is 4.79 Å². The molecule has 2 aromatic carbocycles. The van der Waals surface area contributed by atoms with Gasteiger partial charge in [-0.2, -0.15) is 0 Å². The maximum atomic E-state index is 12.2.